The lowest BCUT2D eigenvalue weighted by Gasteiger charge is -2.28. The van der Waals surface area contributed by atoms with Crippen LogP contribution >= 0.6 is 0 Å². The van der Waals surface area contributed by atoms with Crippen molar-refractivity contribution in [1.29, 1.82) is 0 Å². The van der Waals surface area contributed by atoms with Gasteiger partial charge < -0.3 is 9.47 Å². The zero-order valence-corrected chi connectivity index (χ0v) is 31.8. The van der Waals surface area contributed by atoms with E-state index in [2.05, 4.69) is 240 Å². The third-order valence-corrected chi connectivity index (χ3v) is 11.6. The third-order valence-electron chi connectivity index (χ3n) is 11.6. The van der Waals surface area contributed by atoms with Gasteiger partial charge in [0.05, 0.1) is 16.7 Å². The van der Waals surface area contributed by atoms with Gasteiger partial charge in [0.1, 0.15) is 0 Å². The molecular weight excluding hydrogens is 701 g/mol. The fourth-order valence-electron chi connectivity index (χ4n) is 8.78. The van der Waals surface area contributed by atoms with E-state index in [1.807, 2.05) is 0 Å². The maximum atomic E-state index is 2.42. The highest BCUT2D eigenvalue weighted by Crippen LogP contribution is 2.44. The molecule has 0 spiro atoms. The monoisotopic (exact) mass is 738 g/mol. The number of benzene rings is 10. The molecule has 0 saturated carbocycles. The second kappa shape index (κ2) is 14.1. The Hall–Kier alpha value is -7.68. The summed E-state index contributed by atoms with van der Waals surface area (Å²) in [7, 11) is 0. The molecule has 0 fully saturated rings. The SMILES string of the molecule is c1ccc(-c2ccc(N(c3ccc(-c4cccc(-n5c6ccccc6c6cc7ccccc7cc65)c4)cc3)c3ccccc3-c3cccc4ccccc34)cc2)cc1. The van der Waals surface area contributed by atoms with Crippen molar-refractivity contribution in [2.75, 3.05) is 4.90 Å². The van der Waals surface area contributed by atoms with E-state index < -0.39 is 0 Å². The van der Waals surface area contributed by atoms with Gasteiger partial charge in [-0.2, -0.15) is 0 Å². The standard InChI is InChI=1S/C56H38N2/c1-2-14-39(15-3-1)40-28-32-46(33-29-40)57(54-26-10-8-23-51(54)50-25-13-19-42-16-6-7-22-49(42)50)47-34-30-41(31-35-47)43-20-12-21-48(36-43)58-55-27-11-9-24-52(55)53-37-44-17-4-5-18-45(44)38-56(53)58/h1-38H. The summed E-state index contributed by atoms with van der Waals surface area (Å²) in [6.07, 6.45) is 0. The molecule has 0 radical (unpaired) electrons. The number of hydrogen-bond acceptors (Lipinski definition) is 1. The van der Waals surface area contributed by atoms with Crippen LogP contribution in [0.15, 0.2) is 231 Å². The van der Waals surface area contributed by atoms with Gasteiger partial charge in [0.2, 0.25) is 0 Å². The third kappa shape index (κ3) is 5.82. The molecule has 272 valence electrons. The maximum absolute atomic E-state index is 2.42. The first-order valence-electron chi connectivity index (χ1n) is 19.9. The van der Waals surface area contributed by atoms with Crippen molar-refractivity contribution in [2.45, 2.75) is 0 Å². The van der Waals surface area contributed by atoms with E-state index in [0.717, 1.165) is 22.7 Å². The molecule has 0 saturated heterocycles. The van der Waals surface area contributed by atoms with Crippen LogP contribution in [0.3, 0.4) is 0 Å². The molecule has 0 N–H and O–H groups in total. The van der Waals surface area contributed by atoms with E-state index in [1.54, 1.807) is 0 Å². The highest BCUT2D eigenvalue weighted by molar-refractivity contribution is 6.13. The predicted molar refractivity (Wildman–Crippen MR) is 247 cm³/mol. The Kier molecular flexibility index (Phi) is 8.19. The average molecular weight is 739 g/mol. The molecule has 0 bridgehead atoms. The van der Waals surface area contributed by atoms with Crippen LogP contribution in [0, 0.1) is 0 Å². The number of aromatic nitrogens is 1. The van der Waals surface area contributed by atoms with Crippen molar-refractivity contribution in [3.63, 3.8) is 0 Å². The van der Waals surface area contributed by atoms with Gasteiger partial charge in [-0.05, 0) is 110 Å². The lowest BCUT2D eigenvalue weighted by molar-refractivity contribution is 1.18. The Balaban J connectivity index is 1.03. The highest BCUT2D eigenvalue weighted by Gasteiger charge is 2.19. The van der Waals surface area contributed by atoms with Crippen molar-refractivity contribution in [1.82, 2.24) is 4.57 Å². The summed E-state index contributed by atoms with van der Waals surface area (Å²) < 4.78 is 2.42. The molecule has 2 nitrogen and oxygen atoms in total. The molecule has 58 heavy (non-hydrogen) atoms. The molecule has 0 amide bonds. The Morgan fingerprint density at radius 2 is 0.828 bits per heavy atom. The van der Waals surface area contributed by atoms with E-state index in [4.69, 9.17) is 0 Å². The van der Waals surface area contributed by atoms with Crippen LogP contribution in [0.25, 0.3) is 82.4 Å². The second-order valence-electron chi connectivity index (χ2n) is 15.0. The summed E-state index contributed by atoms with van der Waals surface area (Å²) in [5.74, 6) is 0. The summed E-state index contributed by atoms with van der Waals surface area (Å²) in [6.45, 7) is 0. The fourth-order valence-corrected chi connectivity index (χ4v) is 8.78. The van der Waals surface area contributed by atoms with Crippen molar-refractivity contribution < 1.29 is 0 Å². The van der Waals surface area contributed by atoms with Crippen LogP contribution in [0.4, 0.5) is 17.1 Å². The van der Waals surface area contributed by atoms with Crippen LogP contribution in [0.5, 0.6) is 0 Å². The zero-order chi connectivity index (χ0) is 38.4. The van der Waals surface area contributed by atoms with Crippen LogP contribution in [0.2, 0.25) is 0 Å². The maximum Gasteiger partial charge on any atom is 0.0547 e. The second-order valence-corrected chi connectivity index (χ2v) is 15.0. The van der Waals surface area contributed by atoms with E-state index in [0.29, 0.717) is 0 Å². The minimum absolute atomic E-state index is 1.09. The summed E-state index contributed by atoms with van der Waals surface area (Å²) in [4.78, 5) is 2.40. The Labute approximate surface area is 338 Å². The fraction of sp³-hybridized carbons (Fsp3) is 0. The summed E-state index contributed by atoms with van der Waals surface area (Å²) >= 11 is 0. The number of fused-ring (bicyclic) bond motifs is 5. The van der Waals surface area contributed by atoms with Crippen LogP contribution < -0.4 is 4.90 Å². The largest absolute Gasteiger partial charge is 0.310 e. The number of hydrogen-bond donors (Lipinski definition) is 0. The van der Waals surface area contributed by atoms with E-state index >= 15 is 0 Å². The van der Waals surface area contributed by atoms with Crippen molar-refractivity contribution >= 4 is 60.4 Å². The van der Waals surface area contributed by atoms with Gasteiger partial charge in [0, 0.05) is 33.4 Å². The summed E-state index contributed by atoms with van der Waals surface area (Å²) in [6, 6.07) is 83.7. The molecule has 0 aliphatic carbocycles. The topological polar surface area (TPSA) is 8.17 Å². The molecule has 0 atom stereocenters. The Morgan fingerprint density at radius 3 is 1.60 bits per heavy atom. The van der Waals surface area contributed by atoms with E-state index in [9.17, 15) is 0 Å². The smallest absolute Gasteiger partial charge is 0.0547 e. The number of rotatable bonds is 7. The number of para-hydroxylation sites is 2. The minimum atomic E-state index is 1.09. The van der Waals surface area contributed by atoms with Gasteiger partial charge in [-0.25, -0.2) is 0 Å². The minimum Gasteiger partial charge on any atom is -0.310 e. The molecule has 0 aliphatic rings. The molecule has 1 heterocycles. The number of anilines is 3. The van der Waals surface area contributed by atoms with Crippen LogP contribution in [0.1, 0.15) is 0 Å². The van der Waals surface area contributed by atoms with Crippen LogP contribution in [-0.2, 0) is 0 Å². The lowest BCUT2D eigenvalue weighted by Crippen LogP contribution is -2.11. The van der Waals surface area contributed by atoms with Gasteiger partial charge in [-0.15, -0.1) is 0 Å². The van der Waals surface area contributed by atoms with Gasteiger partial charge in [0.15, 0.2) is 0 Å². The predicted octanol–water partition coefficient (Wildman–Crippen LogP) is 15.6. The quantitative estimate of drug-likeness (QED) is 0.158. The molecule has 0 aliphatic heterocycles. The first kappa shape index (κ1) is 33.6. The molecule has 1 aromatic heterocycles. The van der Waals surface area contributed by atoms with Crippen molar-refractivity contribution in [3.8, 4) is 39.1 Å². The van der Waals surface area contributed by atoms with Crippen molar-refractivity contribution in [3.05, 3.63) is 231 Å². The van der Waals surface area contributed by atoms with Gasteiger partial charge in [-0.1, -0.05) is 170 Å². The lowest BCUT2D eigenvalue weighted by atomic mass is 9.96. The first-order chi connectivity index (χ1) is 28.8. The van der Waals surface area contributed by atoms with Crippen LogP contribution in [-0.4, -0.2) is 4.57 Å². The summed E-state index contributed by atoms with van der Waals surface area (Å²) in [5, 5.41) is 7.50. The van der Waals surface area contributed by atoms with Gasteiger partial charge in [-0.3, -0.25) is 0 Å². The Bertz CT molecular complexity index is 3260. The molecule has 10 aromatic carbocycles. The highest BCUT2D eigenvalue weighted by atomic mass is 15.1. The average Bonchev–Trinajstić information content (AvgIpc) is 3.62. The first-order valence-corrected chi connectivity index (χ1v) is 19.9. The summed E-state index contributed by atoms with van der Waals surface area (Å²) in [5.41, 5.74) is 14.0. The molecular formula is C56H38N2. The normalized spacial score (nSPS) is 11.4. The van der Waals surface area contributed by atoms with Crippen molar-refractivity contribution in [2.24, 2.45) is 0 Å². The van der Waals surface area contributed by atoms with E-state index in [-0.39, 0.29) is 0 Å². The number of nitrogens with zero attached hydrogens (tertiary/aromatic N) is 2. The van der Waals surface area contributed by atoms with Gasteiger partial charge in [0.25, 0.3) is 0 Å². The molecule has 0 unspecified atom stereocenters. The Morgan fingerprint density at radius 1 is 0.293 bits per heavy atom. The van der Waals surface area contributed by atoms with E-state index in [1.165, 1.54) is 76.7 Å². The zero-order valence-electron chi connectivity index (χ0n) is 31.8. The molecule has 2 heteroatoms. The molecule has 11 aromatic rings. The van der Waals surface area contributed by atoms with Gasteiger partial charge >= 0.3 is 0 Å². The molecule has 11 rings (SSSR count).